The Morgan fingerprint density at radius 3 is 1.46 bits per heavy atom. The van der Waals surface area contributed by atoms with E-state index in [4.69, 9.17) is 18.9 Å². The quantitative estimate of drug-likeness (QED) is 0.0225. The first kappa shape index (κ1) is 59.6. The standard InChI is InChI=1S/C51H95NO13/c1-3-5-7-9-11-13-15-17-19-20-21-23-25-27-29-31-33-35-43(56)52-39(40(55)34-32-30-28-26-24-22-18-16-14-12-10-8-6-4-2)38-62-50-48(61)46(59)49(42(37-54)64-50)65-51-47(60)45(58)44(57)41(36-53)63-51/h17,19,32,34,39-42,44-51,53-55,57-61H,3-16,18,20-31,33,35-38H2,1-2H3,(H,52,56)/b19-17-,34-32+. The Labute approximate surface area is 392 Å². The molecular weight excluding hydrogens is 835 g/mol. The SMILES string of the molecule is CCCCCCCC/C=C\CCCCCCCCCC(=O)NC(COC1OC(CO)C(OC2OC(CO)C(O)C(O)C2O)C(O)C1O)C(O)/C=C/CCCCCCCCCCCCCC. The number of hydrogen-bond donors (Lipinski definition) is 9. The summed E-state index contributed by atoms with van der Waals surface area (Å²) in [4.78, 5) is 13.2. The van der Waals surface area contributed by atoms with Crippen molar-refractivity contribution in [3.63, 3.8) is 0 Å². The summed E-state index contributed by atoms with van der Waals surface area (Å²) in [7, 11) is 0. The minimum atomic E-state index is -1.79. The summed E-state index contributed by atoms with van der Waals surface area (Å²) in [6.45, 7) is 2.78. The van der Waals surface area contributed by atoms with Crippen LogP contribution < -0.4 is 5.32 Å². The number of rotatable bonds is 40. The number of allylic oxidation sites excluding steroid dienone is 3. The monoisotopic (exact) mass is 930 g/mol. The number of nitrogens with one attached hydrogen (secondary N) is 1. The minimum Gasteiger partial charge on any atom is -0.394 e. The van der Waals surface area contributed by atoms with Gasteiger partial charge >= 0.3 is 0 Å². The van der Waals surface area contributed by atoms with E-state index in [1.54, 1.807) is 6.08 Å². The van der Waals surface area contributed by atoms with Gasteiger partial charge in [0.15, 0.2) is 12.6 Å². The number of aliphatic hydroxyl groups excluding tert-OH is 8. The van der Waals surface area contributed by atoms with Gasteiger partial charge in [0.2, 0.25) is 5.91 Å². The summed E-state index contributed by atoms with van der Waals surface area (Å²) in [5, 5.41) is 86.7. The first-order valence-electron chi connectivity index (χ1n) is 26.1. The van der Waals surface area contributed by atoms with Crippen LogP contribution in [0, 0.1) is 0 Å². The molecule has 0 aromatic heterocycles. The molecule has 65 heavy (non-hydrogen) atoms. The fourth-order valence-electron chi connectivity index (χ4n) is 8.58. The molecule has 14 heteroatoms. The molecule has 14 nitrogen and oxygen atoms in total. The van der Waals surface area contributed by atoms with E-state index in [1.165, 1.54) is 128 Å². The molecule has 0 aliphatic carbocycles. The Morgan fingerprint density at radius 1 is 0.538 bits per heavy atom. The van der Waals surface area contributed by atoms with Gasteiger partial charge in [0, 0.05) is 6.42 Å². The van der Waals surface area contributed by atoms with Gasteiger partial charge in [-0.25, -0.2) is 0 Å². The summed E-state index contributed by atoms with van der Waals surface area (Å²) in [6, 6.07) is -0.913. The zero-order valence-corrected chi connectivity index (χ0v) is 40.5. The van der Waals surface area contributed by atoms with Crippen LogP contribution in [0.25, 0.3) is 0 Å². The highest BCUT2D eigenvalue weighted by atomic mass is 16.7. The number of amides is 1. The third-order valence-corrected chi connectivity index (χ3v) is 12.9. The number of ether oxygens (including phenoxy) is 4. The predicted molar refractivity (Wildman–Crippen MR) is 254 cm³/mol. The summed E-state index contributed by atoms with van der Waals surface area (Å²) >= 11 is 0. The molecule has 0 radical (unpaired) electrons. The number of carbonyl (C=O) groups excluding carboxylic acids is 1. The highest BCUT2D eigenvalue weighted by Gasteiger charge is 2.51. The topological polar surface area (TPSA) is 228 Å². The second-order valence-electron chi connectivity index (χ2n) is 18.6. The zero-order chi connectivity index (χ0) is 47.5. The van der Waals surface area contributed by atoms with E-state index in [1.807, 2.05) is 6.08 Å². The molecule has 12 unspecified atom stereocenters. The lowest BCUT2D eigenvalue weighted by atomic mass is 9.97. The van der Waals surface area contributed by atoms with E-state index in [2.05, 4.69) is 31.3 Å². The van der Waals surface area contributed by atoms with Gasteiger partial charge in [-0.05, 0) is 44.9 Å². The minimum absolute atomic E-state index is 0.244. The van der Waals surface area contributed by atoms with Crippen molar-refractivity contribution in [2.75, 3.05) is 19.8 Å². The maximum absolute atomic E-state index is 13.2. The molecule has 382 valence electrons. The van der Waals surface area contributed by atoms with E-state index in [0.717, 1.165) is 44.9 Å². The van der Waals surface area contributed by atoms with Crippen LogP contribution in [0.5, 0.6) is 0 Å². The lowest BCUT2D eigenvalue weighted by Gasteiger charge is -2.46. The van der Waals surface area contributed by atoms with Gasteiger partial charge in [-0.2, -0.15) is 0 Å². The Hall–Kier alpha value is -1.53. The van der Waals surface area contributed by atoms with E-state index >= 15 is 0 Å². The molecule has 0 bridgehead atoms. The molecular formula is C51H95NO13. The summed E-state index contributed by atoms with van der Waals surface area (Å²) in [5.74, 6) is -0.244. The van der Waals surface area contributed by atoms with Crippen LogP contribution >= 0.6 is 0 Å². The van der Waals surface area contributed by atoms with E-state index in [0.29, 0.717) is 6.42 Å². The van der Waals surface area contributed by atoms with E-state index in [-0.39, 0.29) is 18.9 Å². The summed E-state index contributed by atoms with van der Waals surface area (Å²) in [6.07, 6.45) is 24.9. The molecule has 2 aliphatic rings. The van der Waals surface area contributed by atoms with Crippen molar-refractivity contribution in [2.45, 2.75) is 274 Å². The van der Waals surface area contributed by atoms with Crippen molar-refractivity contribution in [2.24, 2.45) is 0 Å². The van der Waals surface area contributed by atoms with Gasteiger partial charge in [0.25, 0.3) is 0 Å². The van der Waals surface area contributed by atoms with Crippen molar-refractivity contribution >= 4 is 5.91 Å². The Kier molecular flexibility index (Phi) is 35.1. The van der Waals surface area contributed by atoms with Crippen molar-refractivity contribution in [3.8, 4) is 0 Å². The summed E-state index contributed by atoms with van der Waals surface area (Å²) < 4.78 is 22.7. The van der Waals surface area contributed by atoms with Crippen LogP contribution in [-0.2, 0) is 23.7 Å². The molecule has 12 atom stereocenters. The normalized spacial score (nSPS) is 27.2. The van der Waals surface area contributed by atoms with Crippen LogP contribution in [0.4, 0.5) is 0 Å². The Balaban J connectivity index is 1.84. The maximum atomic E-state index is 13.2. The number of hydrogen-bond acceptors (Lipinski definition) is 13. The van der Waals surface area contributed by atoms with Crippen LogP contribution in [0.1, 0.15) is 200 Å². The highest BCUT2D eigenvalue weighted by molar-refractivity contribution is 5.76. The average molecular weight is 930 g/mol. The smallest absolute Gasteiger partial charge is 0.220 e. The van der Waals surface area contributed by atoms with Gasteiger partial charge in [-0.1, -0.05) is 173 Å². The average Bonchev–Trinajstić information content (AvgIpc) is 3.30. The Morgan fingerprint density at radius 2 is 0.969 bits per heavy atom. The van der Waals surface area contributed by atoms with E-state index in [9.17, 15) is 45.6 Å². The van der Waals surface area contributed by atoms with Crippen LogP contribution in [-0.4, -0.2) is 140 Å². The fourth-order valence-corrected chi connectivity index (χ4v) is 8.58. The van der Waals surface area contributed by atoms with Crippen LogP contribution in [0.15, 0.2) is 24.3 Å². The van der Waals surface area contributed by atoms with Gasteiger partial charge in [0.1, 0.15) is 48.8 Å². The number of unbranched alkanes of at least 4 members (excludes halogenated alkanes) is 25. The van der Waals surface area contributed by atoms with Gasteiger partial charge in [-0.3, -0.25) is 4.79 Å². The molecule has 2 fully saturated rings. The van der Waals surface area contributed by atoms with E-state index < -0.39 is 86.8 Å². The number of aliphatic hydroxyl groups is 8. The van der Waals surface area contributed by atoms with Crippen molar-refractivity contribution in [1.82, 2.24) is 5.32 Å². The molecule has 0 spiro atoms. The Bertz CT molecular complexity index is 1190. The third kappa shape index (κ3) is 25.6. The van der Waals surface area contributed by atoms with Gasteiger partial charge < -0.3 is 65.1 Å². The molecule has 1 amide bonds. The molecule has 2 heterocycles. The molecule has 0 aromatic rings. The first-order chi connectivity index (χ1) is 31.6. The molecule has 2 saturated heterocycles. The maximum Gasteiger partial charge on any atom is 0.220 e. The molecule has 0 aromatic carbocycles. The molecule has 0 saturated carbocycles. The van der Waals surface area contributed by atoms with Gasteiger partial charge in [0.05, 0.1) is 32.0 Å². The summed E-state index contributed by atoms with van der Waals surface area (Å²) in [5.41, 5.74) is 0. The van der Waals surface area contributed by atoms with Gasteiger partial charge in [-0.15, -0.1) is 0 Å². The second-order valence-corrected chi connectivity index (χ2v) is 18.6. The van der Waals surface area contributed by atoms with Crippen LogP contribution in [0.3, 0.4) is 0 Å². The molecule has 2 aliphatic heterocycles. The van der Waals surface area contributed by atoms with Crippen molar-refractivity contribution < 1.29 is 64.6 Å². The van der Waals surface area contributed by atoms with Crippen molar-refractivity contribution in [1.29, 1.82) is 0 Å². The third-order valence-electron chi connectivity index (χ3n) is 12.9. The largest absolute Gasteiger partial charge is 0.394 e. The van der Waals surface area contributed by atoms with Crippen molar-refractivity contribution in [3.05, 3.63) is 24.3 Å². The lowest BCUT2D eigenvalue weighted by molar-refractivity contribution is -0.359. The number of carbonyl (C=O) groups is 1. The fraction of sp³-hybridized carbons (Fsp3) is 0.902. The lowest BCUT2D eigenvalue weighted by Crippen LogP contribution is -2.65. The second kappa shape index (κ2) is 38.3. The molecule has 9 N–H and O–H groups in total. The zero-order valence-electron chi connectivity index (χ0n) is 40.5. The predicted octanol–water partition coefficient (Wildman–Crippen LogP) is 6.94. The molecule has 2 rings (SSSR count). The highest BCUT2D eigenvalue weighted by Crippen LogP contribution is 2.30. The van der Waals surface area contributed by atoms with Crippen LogP contribution in [0.2, 0.25) is 0 Å². The first-order valence-corrected chi connectivity index (χ1v) is 26.1.